The van der Waals surface area contributed by atoms with Crippen molar-refractivity contribution in [3.8, 4) is 11.8 Å². The molecule has 0 unspecified atom stereocenters. The molecular weight excluding hydrogens is 478 g/mol. The van der Waals surface area contributed by atoms with Crippen LogP contribution < -0.4 is 0 Å². The molecule has 1 atom stereocenters. The van der Waals surface area contributed by atoms with Gasteiger partial charge in [-0.05, 0) is 53.6 Å². The topological polar surface area (TPSA) is 54.2 Å². The Morgan fingerprint density at radius 1 is 0.769 bits per heavy atom. The number of para-hydroxylation sites is 2. The van der Waals surface area contributed by atoms with Crippen molar-refractivity contribution >= 4 is 50.0 Å². The average molecular weight is 502 g/mol. The summed E-state index contributed by atoms with van der Waals surface area (Å²) in [6, 6.07) is 38.9. The van der Waals surface area contributed by atoms with E-state index >= 15 is 0 Å². The largest absolute Gasteiger partial charge is 0.454 e. The number of benzene rings is 5. The summed E-state index contributed by atoms with van der Waals surface area (Å²) in [5.74, 6) is 0. The van der Waals surface area contributed by atoms with Crippen molar-refractivity contribution in [2.45, 2.75) is 6.04 Å². The van der Waals surface area contributed by atoms with Crippen molar-refractivity contribution in [3.63, 3.8) is 0 Å². The summed E-state index contributed by atoms with van der Waals surface area (Å²) in [4.78, 5) is 4.75. The number of aromatic nitrogens is 1. The van der Waals surface area contributed by atoms with E-state index in [1.807, 2.05) is 36.6 Å². The second-order valence-electron chi connectivity index (χ2n) is 9.57. The molecule has 4 heteroatoms. The minimum Gasteiger partial charge on any atom is -0.454 e. The van der Waals surface area contributed by atoms with Crippen LogP contribution in [0.5, 0.6) is 0 Å². The summed E-state index contributed by atoms with van der Waals surface area (Å²) in [7, 11) is 0. The second-order valence-corrected chi connectivity index (χ2v) is 9.57. The highest BCUT2D eigenvalue weighted by atomic mass is 16.3. The van der Waals surface area contributed by atoms with Crippen LogP contribution in [0.3, 0.4) is 0 Å². The molecule has 2 aromatic heterocycles. The summed E-state index contributed by atoms with van der Waals surface area (Å²) < 4.78 is 8.74. The quantitative estimate of drug-likeness (QED) is 0.175. The lowest BCUT2D eigenvalue weighted by Crippen LogP contribution is -1.96. The third kappa shape index (κ3) is 3.72. The summed E-state index contributed by atoms with van der Waals surface area (Å²) in [5, 5.41) is 13.7. The van der Waals surface area contributed by atoms with Gasteiger partial charge in [0.15, 0.2) is 5.58 Å². The Morgan fingerprint density at radius 3 is 2.26 bits per heavy atom. The molecule has 2 heterocycles. The molecule has 0 aliphatic heterocycles. The second kappa shape index (κ2) is 9.16. The van der Waals surface area contributed by atoms with Crippen LogP contribution in [0.2, 0.25) is 0 Å². The molecule has 0 aliphatic carbocycles. The number of fused-ring (bicyclic) bond motifs is 7. The number of hydrogen-bond acceptors (Lipinski definition) is 3. The zero-order valence-electron chi connectivity index (χ0n) is 21.1. The van der Waals surface area contributed by atoms with Gasteiger partial charge in [-0.3, -0.25) is 4.99 Å². The molecule has 0 amide bonds. The van der Waals surface area contributed by atoms with Crippen LogP contribution in [0.15, 0.2) is 131 Å². The first-order valence-electron chi connectivity index (χ1n) is 12.8. The van der Waals surface area contributed by atoms with Gasteiger partial charge in [-0.2, -0.15) is 5.26 Å². The molecule has 7 rings (SSSR count). The van der Waals surface area contributed by atoms with Crippen molar-refractivity contribution in [1.82, 2.24) is 4.57 Å². The average Bonchev–Trinajstić information content (AvgIpc) is 3.54. The summed E-state index contributed by atoms with van der Waals surface area (Å²) >= 11 is 0. The lowest BCUT2D eigenvalue weighted by Gasteiger charge is -2.09. The lowest BCUT2D eigenvalue weighted by molar-refractivity contribution is 0.671. The van der Waals surface area contributed by atoms with Gasteiger partial charge in [-0.25, -0.2) is 0 Å². The minimum atomic E-state index is -0.184. The van der Waals surface area contributed by atoms with Crippen LogP contribution in [0, 0.1) is 11.3 Å². The van der Waals surface area contributed by atoms with Crippen LogP contribution in [-0.2, 0) is 0 Å². The van der Waals surface area contributed by atoms with E-state index in [0.717, 1.165) is 49.8 Å². The Balaban J connectivity index is 1.33. The predicted octanol–water partition coefficient (Wildman–Crippen LogP) is 8.90. The number of nitriles is 1. The Bertz CT molecular complexity index is 2090. The van der Waals surface area contributed by atoms with Crippen LogP contribution in [0.1, 0.15) is 22.7 Å². The number of aliphatic imine (C=N–C) groups is 1. The van der Waals surface area contributed by atoms with Gasteiger partial charge in [0.1, 0.15) is 5.58 Å². The molecule has 0 saturated carbocycles. The predicted molar refractivity (Wildman–Crippen MR) is 160 cm³/mol. The number of furan rings is 1. The number of hydrogen-bond donors (Lipinski definition) is 0. The van der Waals surface area contributed by atoms with Crippen molar-refractivity contribution < 1.29 is 4.42 Å². The van der Waals surface area contributed by atoms with E-state index in [2.05, 4.69) is 90.0 Å². The Labute approximate surface area is 225 Å². The van der Waals surface area contributed by atoms with Gasteiger partial charge in [0.2, 0.25) is 0 Å². The van der Waals surface area contributed by atoms with E-state index in [1.165, 1.54) is 10.8 Å². The number of rotatable bonds is 5. The molecule has 0 aliphatic rings. The maximum Gasteiger partial charge on any atom is 0.160 e. The Morgan fingerprint density at radius 2 is 1.49 bits per heavy atom. The van der Waals surface area contributed by atoms with Gasteiger partial charge in [-0.1, -0.05) is 72.8 Å². The summed E-state index contributed by atoms with van der Waals surface area (Å²) in [5.41, 5.74) is 7.66. The third-order valence-corrected chi connectivity index (χ3v) is 7.32. The van der Waals surface area contributed by atoms with Crippen molar-refractivity contribution in [2.75, 3.05) is 0 Å². The zero-order valence-corrected chi connectivity index (χ0v) is 21.1. The molecule has 7 aromatic rings. The van der Waals surface area contributed by atoms with Crippen LogP contribution in [-0.4, -0.2) is 10.8 Å². The van der Waals surface area contributed by atoms with E-state index in [4.69, 9.17) is 14.7 Å². The van der Waals surface area contributed by atoms with Gasteiger partial charge in [0.25, 0.3) is 0 Å². The molecule has 39 heavy (non-hydrogen) atoms. The molecule has 5 aromatic carbocycles. The normalized spacial score (nSPS) is 12.5. The SMILES string of the molecule is C=C[C@H](N=Cc1ccc(-n2c3ccccc3c3ccc4c5ccccc5oc4c32)cc1)c1ccc(C#N)cc1. The highest BCUT2D eigenvalue weighted by molar-refractivity contribution is 6.21. The van der Waals surface area contributed by atoms with Crippen molar-refractivity contribution in [1.29, 1.82) is 5.26 Å². The third-order valence-electron chi connectivity index (χ3n) is 7.32. The van der Waals surface area contributed by atoms with E-state index in [0.29, 0.717) is 5.56 Å². The van der Waals surface area contributed by atoms with Gasteiger partial charge in [-0.15, -0.1) is 6.58 Å². The van der Waals surface area contributed by atoms with Gasteiger partial charge in [0.05, 0.1) is 28.7 Å². The lowest BCUT2D eigenvalue weighted by atomic mass is 10.1. The fourth-order valence-electron chi connectivity index (χ4n) is 5.41. The summed E-state index contributed by atoms with van der Waals surface area (Å²) in [6.45, 7) is 3.95. The molecule has 0 bridgehead atoms. The smallest absolute Gasteiger partial charge is 0.160 e. The van der Waals surface area contributed by atoms with Gasteiger partial charge < -0.3 is 8.98 Å². The molecule has 0 saturated heterocycles. The molecule has 4 nitrogen and oxygen atoms in total. The molecule has 0 spiro atoms. The fraction of sp³-hybridized carbons (Fsp3) is 0.0286. The highest BCUT2D eigenvalue weighted by Crippen LogP contribution is 2.40. The standard InChI is InChI=1S/C35H23N3O/c1-2-31(25-15-11-23(21-36)12-16-25)37-22-24-13-17-26(18-14-24)38-32-9-5-3-7-27(32)29-19-20-30-28-8-4-6-10-33(28)39-35(30)34(29)38/h2-20,22,31H,1H2/t31-/m0/s1. The Kier molecular flexibility index (Phi) is 5.35. The van der Waals surface area contributed by atoms with Gasteiger partial charge >= 0.3 is 0 Å². The maximum absolute atomic E-state index is 9.06. The van der Waals surface area contributed by atoms with Crippen LogP contribution in [0.4, 0.5) is 0 Å². The maximum atomic E-state index is 9.06. The minimum absolute atomic E-state index is 0.184. The monoisotopic (exact) mass is 501 g/mol. The Hall–Kier alpha value is -5.40. The van der Waals surface area contributed by atoms with E-state index in [-0.39, 0.29) is 6.04 Å². The zero-order chi connectivity index (χ0) is 26.3. The first-order valence-corrected chi connectivity index (χ1v) is 12.8. The first-order chi connectivity index (χ1) is 19.2. The summed E-state index contributed by atoms with van der Waals surface area (Å²) in [6.07, 6.45) is 3.68. The van der Waals surface area contributed by atoms with Crippen molar-refractivity contribution in [2.24, 2.45) is 4.99 Å². The molecular formula is C35H23N3O. The fourth-order valence-corrected chi connectivity index (χ4v) is 5.41. The number of nitrogens with zero attached hydrogens (tertiary/aromatic N) is 3. The van der Waals surface area contributed by atoms with Crippen molar-refractivity contribution in [3.05, 3.63) is 139 Å². The molecule has 0 fully saturated rings. The van der Waals surface area contributed by atoms with E-state index < -0.39 is 0 Å². The first kappa shape index (κ1) is 22.8. The molecule has 0 N–H and O–H groups in total. The molecule has 0 radical (unpaired) electrons. The molecule has 184 valence electrons. The van der Waals surface area contributed by atoms with Gasteiger partial charge in [0, 0.05) is 33.4 Å². The van der Waals surface area contributed by atoms with E-state index in [9.17, 15) is 0 Å². The van der Waals surface area contributed by atoms with Crippen LogP contribution >= 0.6 is 0 Å². The van der Waals surface area contributed by atoms with E-state index in [1.54, 1.807) is 12.1 Å². The van der Waals surface area contributed by atoms with Crippen LogP contribution in [0.25, 0.3) is 49.4 Å². The highest BCUT2D eigenvalue weighted by Gasteiger charge is 2.18.